The van der Waals surface area contributed by atoms with E-state index in [0.29, 0.717) is 12.2 Å². The number of oxime groups is 1. The zero-order valence-corrected chi connectivity index (χ0v) is 9.94. The van der Waals surface area contributed by atoms with E-state index in [9.17, 15) is 0 Å². The number of nitrogens with zero attached hydrogens (tertiary/aromatic N) is 1. The standard InChI is InChI=1S/C10H13BrN2O2/c1-2-9(10(12)13-14)15-8-5-3-4-7(11)6-8/h3-6,9,14H,2H2,1H3,(H2,12,13). The fourth-order valence-electron chi connectivity index (χ4n) is 1.12. The van der Waals surface area contributed by atoms with Crippen LogP contribution in [0.25, 0.3) is 0 Å². The first-order chi connectivity index (χ1) is 7.17. The van der Waals surface area contributed by atoms with Gasteiger partial charge in [0.2, 0.25) is 0 Å². The summed E-state index contributed by atoms with van der Waals surface area (Å²) in [6, 6.07) is 7.40. The lowest BCUT2D eigenvalue weighted by Crippen LogP contribution is -2.33. The van der Waals surface area contributed by atoms with Crippen molar-refractivity contribution in [2.75, 3.05) is 0 Å². The number of hydrogen-bond donors (Lipinski definition) is 2. The van der Waals surface area contributed by atoms with Gasteiger partial charge < -0.3 is 15.7 Å². The molecule has 0 spiro atoms. The number of halogens is 1. The second-order valence-corrected chi connectivity index (χ2v) is 3.91. The van der Waals surface area contributed by atoms with Crippen LogP contribution in [0.1, 0.15) is 13.3 Å². The first-order valence-electron chi connectivity index (χ1n) is 4.57. The van der Waals surface area contributed by atoms with Gasteiger partial charge in [0.05, 0.1) is 0 Å². The van der Waals surface area contributed by atoms with Crippen molar-refractivity contribution in [2.24, 2.45) is 10.9 Å². The topological polar surface area (TPSA) is 67.8 Å². The Kier molecular flexibility index (Phi) is 4.42. The molecule has 0 aliphatic carbocycles. The summed E-state index contributed by atoms with van der Waals surface area (Å²) in [4.78, 5) is 0. The Morgan fingerprint density at radius 3 is 2.93 bits per heavy atom. The van der Waals surface area contributed by atoms with Gasteiger partial charge in [-0.1, -0.05) is 34.1 Å². The highest BCUT2D eigenvalue weighted by atomic mass is 79.9. The maximum Gasteiger partial charge on any atom is 0.180 e. The Labute approximate surface area is 96.9 Å². The SMILES string of the molecule is CCC(Oc1cccc(Br)c1)C(N)=NO. The first kappa shape index (κ1) is 11.8. The summed E-state index contributed by atoms with van der Waals surface area (Å²) in [7, 11) is 0. The van der Waals surface area contributed by atoms with Crippen LogP contribution in [0.3, 0.4) is 0 Å². The molecule has 4 nitrogen and oxygen atoms in total. The molecule has 0 aromatic heterocycles. The van der Waals surface area contributed by atoms with E-state index >= 15 is 0 Å². The molecule has 1 rings (SSSR count). The fraction of sp³-hybridized carbons (Fsp3) is 0.300. The summed E-state index contributed by atoms with van der Waals surface area (Å²) < 4.78 is 6.48. The van der Waals surface area contributed by atoms with Crippen molar-refractivity contribution in [3.63, 3.8) is 0 Å². The summed E-state index contributed by atoms with van der Waals surface area (Å²) in [5.41, 5.74) is 5.48. The van der Waals surface area contributed by atoms with Crippen molar-refractivity contribution in [1.29, 1.82) is 0 Å². The fourth-order valence-corrected chi connectivity index (χ4v) is 1.50. The Morgan fingerprint density at radius 1 is 1.67 bits per heavy atom. The molecular formula is C10H13BrN2O2. The first-order valence-corrected chi connectivity index (χ1v) is 5.36. The van der Waals surface area contributed by atoms with Gasteiger partial charge in [-0.15, -0.1) is 0 Å². The average molecular weight is 273 g/mol. The lowest BCUT2D eigenvalue weighted by Gasteiger charge is -2.15. The zero-order chi connectivity index (χ0) is 11.3. The number of rotatable bonds is 4. The summed E-state index contributed by atoms with van der Waals surface area (Å²) in [6.45, 7) is 1.90. The molecule has 3 N–H and O–H groups in total. The predicted molar refractivity (Wildman–Crippen MR) is 62.3 cm³/mol. The molecule has 0 heterocycles. The third-order valence-electron chi connectivity index (χ3n) is 1.89. The van der Waals surface area contributed by atoms with Crippen LogP contribution in [-0.2, 0) is 0 Å². The smallest absolute Gasteiger partial charge is 0.180 e. The summed E-state index contributed by atoms with van der Waals surface area (Å²) in [5, 5.41) is 11.5. The van der Waals surface area contributed by atoms with Gasteiger partial charge in [0, 0.05) is 4.47 Å². The normalized spacial score (nSPS) is 13.6. The minimum atomic E-state index is -0.399. The van der Waals surface area contributed by atoms with Crippen molar-refractivity contribution in [1.82, 2.24) is 0 Å². The number of nitrogens with two attached hydrogens (primary N) is 1. The molecule has 1 atom stereocenters. The number of ether oxygens (including phenoxy) is 1. The monoisotopic (exact) mass is 272 g/mol. The van der Waals surface area contributed by atoms with E-state index in [4.69, 9.17) is 15.7 Å². The van der Waals surface area contributed by atoms with Gasteiger partial charge in [-0.3, -0.25) is 0 Å². The average Bonchev–Trinajstić information content (AvgIpc) is 2.25. The van der Waals surface area contributed by atoms with Gasteiger partial charge in [-0.05, 0) is 24.6 Å². The summed E-state index contributed by atoms with van der Waals surface area (Å²) >= 11 is 3.34. The minimum Gasteiger partial charge on any atom is -0.482 e. The molecule has 0 aliphatic heterocycles. The molecule has 0 bridgehead atoms. The van der Waals surface area contributed by atoms with Crippen molar-refractivity contribution < 1.29 is 9.94 Å². The van der Waals surface area contributed by atoms with Crippen LogP contribution in [0.15, 0.2) is 33.9 Å². The van der Waals surface area contributed by atoms with Crippen LogP contribution in [0.5, 0.6) is 5.75 Å². The van der Waals surface area contributed by atoms with Gasteiger partial charge in [0.15, 0.2) is 11.9 Å². The molecule has 1 unspecified atom stereocenters. The van der Waals surface area contributed by atoms with Gasteiger partial charge >= 0.3 is 0 Å². The lowest BCUT2D eigenvalue weighted by atomic mass is 10.2. The molecular weight excluding hydrogens is 260 g/mol. The Bertz CT molecular complexity index is 355. The van der Waals surface area contributed by atoms with E-state index in [-0.39, 0.29) is 5.84 Å². The van der Waals surface area contributed by atoms with Crippen LogP contribution in [-0.4, -0.2) is 17.1 Å². The van der Waals surface area contributed by atoms with Gasteiger partial charge in [0.25, 0.3) is 0 Å². The number of benzene rings is 1. The highest BCUT2D eigenvalue weighted by Crippen LogP contribution is 2.19. The molecule has 15 heavy (non-hydrogen) atoms. The molecule has 0 fully saturated rings. The summed E-state index contributed by atoms with van der Waals surface area (Å²) in [6.07, 6.45) is 0.242. The minimum absolute atomic E-state index is 0.0810. The highest BCUT2D eigenvalue weighted by Gasteiger charge is 2.13. The van der Waals surface area contributed by atoms with Crippen molar-refractivity contribution in [3.8, 4) is 5.75 Å². The third kappa shape index (κ3) is 3.43. The Balaban J connectivity index is 2.75. The second kappa shape index (κ2) is 5.60. The van der Waals surface area contributed by atoms with Crippen LogP contribution in [0, 0.1) is 0 Å². The zero-order valence-electron chi connectivity index (χ0n) is 8.35. The van der Waals surface area contributed by atoms with E-state index in [1.54, 1.807) is 0 Å². The molecule has 0 saturated heterocycles. The molecule has 1 aromatic rings. The second-order valence-electron chi connectivity index (χ2n) is 3.00. The highest BCUT2D eigenvalue weighted by molar-refractivity contribution is 9.10. The predicted octanol–water partition coefficient (Wildman–Crippen LogP) is 2.35. The molecule has 82 valence electrons. The Hall–Kier alpha value is -1.23. The van der Waals surface area contributed by atoms with Gasteiger partial charge in [0.1, 0.15) is 5.75 Å². The molecule has 1 aromatic carbocycles. The lowest BCUT2D eigenvalue weighted by molar-refractivity contribution is 0.246. The van der Waals surface area contributed by atoms with Crippen molar-refractivity contribution in [2.45, 2.75) is 19.4 Å². The van der Waals surface area contributed by atoms with Crippen molar-refractivity contribution >= 4 is 21.8 Å². The van der Waals surface area contributed by atoms with Gasteiger partial charge in [-0.25, -0.2) is 0 Å². The maximum absolute atomic E-state index is 8.54. The number of hydrogen-bond acceptors (Lipinski definition) is 3. The van der Waals surface area contributed by atoms with Crippen LogP contribution >= 0.6 is 15.9 Å². The molecule has 0 amide bonds. The summed E-state index contributed by atoms with van der Waals surface area (Å²) in [5.74, 6) is 0.764. The van der Waals surface area contributed by atoms with Crippen LogP contribution < -0.4 is 10.5 Å². The van der Waals surface area contributed by atoms with Crippen molar-refractivity contribution in [3.05, 3.63) is 28.7 Å². The number of amidine groups is 1. The molecule has 0 radical (unpaired) electrons. The third-order valence-corrected chi connectivity index (χ3v) is 2.38. The van der Waals surface area contributed by atoms with E-state index in [1.165, 1.54) is 0 Å². The molecule has 5 heteroatoms. The van der Waals surface area contributed by atoms with Crippen LogP contribution in [0.2, 0.25) is 0 Å². The van der Waals surface area contributed by atoms with E-state index in [1.807, 2.05) is 31.2 Å². The van der Waals surface area contributed by atoms with E-state index in [2.05, 4.69) is 21.1 Å². The maximum atomic E-state index is 8.54. The Morgan fingerprint density at radius 2 is 2.40 bits per heavy atom. The molecule has 0 saturated carbocycles. The van der Waals surface area contributed by atoms with Crippen LogP contribution in [0.4, 0.5) is 0 Å². The molecule has 0 aliphatic rings. The van der Waals surface area contributed by atoms with Gasteiger partial charge in [-0.2, -0.15) is 0 Å². The largest absolute Gasteiger partial charge is 0.482 e. The quantitative estimate of drug-likeness (QED) is 0.383. The van der Waals surface area contributed by atoms with E-state index in [0.717, 1.165) is 4.47 Å². The van der Waals surface area contributed by atoms with E-state index < -0.39 is 6.10 Å².